The molecule has 3 fully saturated rings. The van der Waals surface area contributed by atoms with Crippen LogP contribution < -0.4 is 9.47 Å². The normalized spacial score (nSPS) is 30.6. The van der Waals surface area contributed by atoms with Crippen LogP contribution in [-0.2, 0) is 9.47 Å². The fourth-order valence-electron chi connectivity index (χ4n) is 4.28. The number of halogens is 1. The van der Waals surface area contributed by atoms with E-state index in [2.05, 4.69) is 15.0 Å². The lowest BCUT2D eigenvalue weighted by Gasteiger charge is -2.21. The van der Waals surface area contributed by atoms with Crippen LogP contribution in [0.3, 0.4) is 0 Å². The van der Waals surface area contributed by atoms with Gasteiger partial charge in [0, 0.05) is 0 Å². The summed E-state index contributed by atoms with van der Waals surface area (Å²) in [7, 11) is 0. The zero-order valence-corrected chi connectivity index (χ0v) is 16.2. The Morgan fingerprint density at radius 1 is 1.14 bits per heavy atom. The van der Waals surface area contributed by atoms with E-state index in [0.29, 0.717) is 47.2 Å². The molecule has 2 aromatic rings. The van der Waals surface area contributed by atoms with Crippen LogP contribution in [0.1, 0.15) is 32.1 Å². The van der Waals surface area contributed by atoms with Crippen LogP contribution in [0, 0.1) is 5.92 Å². The number of aromatic amines is 1. The highest BCUT2D eigenvalue weighted by molar-refractivity contribution is 6.32. The van der Waals surface area contributed by atoms with Crippen molar-refractivity contribution >= 4 is 22.8 Å². The Labute approximate surface area is 167 Å². The van der Waals surface area contributed by atoms with Crippen molar-refractivity contribution in [1.82, 2.24) is 15.0 Å². The Hall–Kier alpha value is -1.61. The van der Waals surface area contributed by atoms with Gasteiger partial charge in [-0.05, 0) is 24.8 Å². The molecular formula is C19H24ClN3O5. The molecule has 152 valence electrons. The molecule has 8 nitrogen and oxygen atoms in total. The first-order valence-corrected chi connectivity index (χ1v) is 10.3. The van der Waals surface area contributed by atoms with Gasteiger partial charge in [0.15, 0.2) is 11.8 Å². The number of hydrogen-bond acceptors (Lipinski definition) is 7. The number of nitrogens with zero attached hydrogens (tertiary/aromatic N) is 2. The minimum Gasteiger partial charge on any atom is -0.476 e. The monoisotopic (exact) mass is 409 g/mol. The van der Waals surface area contributed by atoms with E-state index in [1.165, 1.54) is 32.1 Å². The SMILES string of the molecule is O[C@@H]1CO[C@H]2[C@@H]1OC[C@H]2Oc1nc2nc(OCC3CCCCC3)c(Cl)cc2[nH]1. The summed E-state index contributed by atoms with van der Waals surface area (Å²) < 4.78 is 23.0. The molecular weight excluding hydrogens is 386 g/mol. The standard InChI is InChI=1S/C19H24ClN3O5/c20-11-6-12-17(22-18(11)27-7-10-4-2-1-3-5-10)23-19(21-12)28-14-9-26-15-13(24)8-25-16(14)15/h6,10,13-16,24H,1-5,7-9H2,(H,21,22,23)/t13-,14-,15-,16-/m1/s1. The van der Waals surface area contributed by atoms with Crippen molar-refractivity contribution in [3.8, 4) is 11.9 Å². The first-order chi connectivity index (χ1) is 13.7. The minimum atomic E-state index is -0.612. The fraction of sp³-hybridized carbons (Fsp3) is 0.684. The summed E-state index contributed by atoms with van der Waals surface area (Å²) in [5.41, 5.74) is 1.16. The van der Waals surface area contributed by atoms with Crippen molar-refractivity contribution in [3.63, 3.8) is 0 Å². The zero-order chi connectivity index (χ0) is 19.1. The van der Waals surface area contributed by atoms with Gasteiger partial charge in [-0.3, -0.25) is 0 Å². The molecule has 4 heterocycles. The van der Waals surface area contributed by atoms with Crippen LogP contribution in [-0.4, -0.2) is 64.3 Å². The Balaban J connectivity index is 1.28. The highest BCUT2D eigenvalue weighted by atomic mass is 35.5. The molecule has 0 bridgehead atoms. The van der Waals surface area contributed by atoms with Gasteiger partial charge in [-0.1, -0.05) is 30.9 Å². The number of ether oxygens (including phenoxy) is 4. The second-order valence-corrected chi connectivity index (χ2v) is 8.23. The van der Waals surface area contributed by atoms with Gasteiger partial charge in [0.2, 0.25) is 5.88 Å². The van der Waals surface area contributed by atoms with Crippen LogP contribution in [0.2, 0.25) is 5.02 Å². The average Bonchev–Trinajstić information content (AvgIpc) is 3.38. The van der Waals surface area contributed by atoms with E-state index in [1.54, 1.807) is 6.07 Å². The first-order valence-electron chi connectivity index (χ1n) is 9.94. The Kier molecular flexibility index (Phi) is 5.04. The van der Waals surface area contributed by atoms with Gasteiger partial charge in [-0.25, -0.2) is 0 Å². The number of H-pyrrole nitrogens is 1. The lowest BCUT2D eigenvalue weighted by atomic mass is 9.90. The molecule has 0 unspecified atom stereocenters. The van der Waals surface area contributed by atoms with Crippen LogP contribution in [0.5, 0.6) is 11.9 Å². The highest BCUT2D eigenvalue weighted by Crippen LogP contribution is 2.32. The number of aliphatic hydroxyl groups is 1. The lowest BCUT2D eigenvalue weighted by molar-refractivity contribution is 0.00706. The van der Waals surface area contributed by atoms with Gasteiger partial charge >= 0.3 is 0 Å². The van der Waals surface area contributed by atoms with Gasteiger partial charge in [0.1, 0.15) is 23.3 Å². The van der Waals surface area contributed by atoms with E-state index < -0.39 is 6.10 Å². The number of aromatic nitrogens is 3. The molecule has 2 aliphatic heterocycles. The van der Waals surface area contributed by atoms with Crippen LogP contribution in [0.25, 0.3) is 11.2 Å². The first kappa shape index (κ1) is 18.4. The molecule has 0 spiro atoms. The summed E-state index contributed by atoms with van der Waals surface area (Å²) in [5, 5.41) is 10.3. The van der Waals surface area contributed by atoms with Crippen molar-refractivity contribution < 1.29 is 24.1 Å². The number of nitrogens with one attached hydrogen (secondary N) is 1. The molecule has 0 amide bonds. The molecule has 28 heavy (non-hydrogen) atoms. The summed E-state index contributed by atoms with van der Waals surface area (Å²) in [6.45, 7) is 1.23. The molecule has 2 saturated heterocycles. The number of aliphatic hydroxyl groups excluding tert-OH is 1. The molecule has 4 atom stereocenters. The largest absolute Gasteiger partial charge is 0.476 e. The summed E-state index contributed by atoms with van der Waals surface area (Å²) in [6.07, 6.45) is 4.65. The molecule has 0 aromatic carbocycles. The zero-order valence-electron chi connectivity index (χ0n) is 15.5. The van der Waals surface area contributed by atoms with Crippen molar-refractivity contribution in [2.45, 2.75) is 56.5 Å². The van der Waals surface area contributed by atoms with E-state index in [-0.39, 0.29) is 24.9 Å². The van der Waals surface area contributed by atoms with Crippen LogP contribution >= 0.6 is 11.6 Å². The van der Waals surface area contributed by atoms with Crippen molar-refractivity contribution in [3.05, 3.63) is 11.1 Å². The Morgan fingerprint density at radius 3 is 2.82 bits per heavy atom. The molecule has 3 aliphatic rings. The number of rotatable bonds is 5. The van der Waals surface area contributed by atoms with Gasteiger partial charge < -0.3 is 29.0 Å². The van der Waals surface area contributed by atoms with Crippen molar-refractivity contribution in [1.29, 1.82) is 0 Å². The molecule has 1 aliphatic carbocycles. The molecule has 1 saturated carbocycles. The van der Waals surface area contributed by atoms with E-state index in [9.17, 15) is 5.11 Å². The topological polar surface area (TPSA) is 98.7 Å². The van der Waals surface area contributed by atoms with E-state index in [1.807, 2.05) is 0 Å². The number of imidazole rings is 1. The molecule has 5 rings (SSSR count). The van der Waals surface area contributed by atoms with Gasteiger partial charge in [0.25, 0.3) is 6.01 Å². The fourth-order valence-corrected chi connectivity index (χ4v) is 4.48. The minimum absolute atomic E-state index is 0.258. The van der Waals surface area contributed by atoms with E-state index in [4.69, 9.17) is 30.5 Å². The van der Waals surface area contributed by atoms with Crippen molar-refractivity contribution in [2.24, 2.45) is 5.92 Å². The third kappa shape index (κ3) is 3.54. The smallest absolute Gasteiger partial charge is 0.296 e. The van der Waals surface area contributed by atoms with Gasteiger partial charge in [0.05, 0.1) is 25.3 Å². The summed E-state index contributed by atoms with van der Waals surface area (Å²) >= 11 is 6.35. The lowest BCUT2D eigenvalue weighted by Crippen LogP contribution is -2.34. The predicted octanol–water partition coefficient (Wildman–Crippen LogP) is 2.48. The third-order valence-corrected chi connectivity index (χ3v) is 6.07. The van der Waals surface area contributed by atoms with E-state index >= 15 is 0 Å². The number of pyridine rings is 1. The second kappa shape index (κ2) is 7.67. The van der Waals surface area contributed by atoms with Gasteiger partial charge in [-0.15, -0.1) is 0 Å². The summed E-state index contributed by atoms with van der Waals surface area (Å²) in [6, 6.07) is 2.08. The maximum absolute atomic E-state index is 9.84. The molecule has 0 radical (unpaired) electrons. The third-order valence-electron chi connectivity index (χ3n) is 5.80. The van der Waals surface area contributed by atoms with Gasteiger partial charge in [-0.2, -0.15) is 9.97 Å². The molecule has 2 N–H and O–H groups in total. The second-order valence-electron chi connectivity index (χ2n) is 7.82. The molecule has 2 aromatic heterocycles. The molecule has 9 heteroatoms. The number of hydrogen-bond donors (Lipinski definition) is 2. The van der Waals surface area contributed by atoms with Crippen LogP contribution in [0.4, 0.5) is 0 Å². The number of fused-ring (bicyclic) bond motifs is 2. The Morgan fingerprint density at radius 2 is 1.96 bits per heavy atom. The predicted molar refractivity (Wildman–Crippen MR) is 101 cm³/mol. The maximum Gasteiger partial charge on any atom is 0.296 e. The average molecular weight is 410 g/mol. The summed E-state index contributed by atoms with van der Waals surface area (Å²) in [4.78, 5) is 11.9. The quantitative estimate of drug-likeness (QED) is 0.782. The highest BCUT2D eigenvalue weighted by Gasteiger charge is 2.48. The van der Waals surface area contributed by atoms with Crippen molar-refractivity contribution in [2.75, 3.05) is 19.8 Å². The maximum atomic E-state index is 9.84. The van der Waals surface area contributed by atoms with E-state index in [0.717, 1.165) is 0 Å². The Bertz CT molecular complexity index is 840. The van der Waals surface area contributed by atoms with Crippen LogP contribution in [0.15, 0.2) is 6.07 Å². The summed E-state index contributed by atoms with van der Waals surface area (Å²) in [5.74, 6) is 0.974.